The number of ether oxygens (including phenoxy) is 1. The van der Waals surface area contributed by atoms with Gasteiger partial charge >= 0.3 is 6.09 Å². The molecule has 0 spiro atoms. The quantitative estimate of drug-likeness (QED) is 0.341. The van der Waals surface area contributed by atoms with Crippen LogP contribution in [0, 0.1) is 5.82 Å². The monoisotopic (exact) mass is 491 g/mol. The van der Waals surface area contributed by atoms with Gasteiger partial charge in [0, 0.05) is 43.2 Å². The number of halogens is 2. The summed E-state index contributed by atoms with van der Waals surface area (Å²) in [6, 6.07) is 11.1. The summed E-state index contributed by atoms with van der Waals surface area (Å²) in [4.78, 5) is 36.4. The topological polar surface area (TPSA) is 96.5 Å². The first kappa shape index (κ1) is 27.3. The zero-order valence-electron chi connectivity index (χ0n) is 19.8. The van der Waals surface area contributed by atoms with Crippen molar-refractivity contribution in [2.75, 3.05) is 13.1 Å². The predicted molar refractivity (Wildman–Crippen MR) is 129 cm³/mol. The number of carbonyl (C=O) groups excluding carboxylic acids is 3. The molecular weight excluding hydrogens is 461 g/mol. The number of amides is 2. The van der Waals surface area contributed by atoms with Crippen molar-refractivity contribution >= 4 is 29.4 Å². The summed E-state index contributed by atoms with van der Waals surface area (Å²) in [6.45, 7) is 7.69. The first-order valence-corrected chi connectivity index (χ1v) is 11.4. The number of benzene rings is 2. The third kappa shape index (κ3) is 8.76. The Morgan fingerprint density at radius 2 is 1.68 bits per heavy atom. The van der Waals surface area contributed by atoms with Gasteiger partial charge in [0.05, 0.1) is 10.6 Å². The Kier molecular flexibility index (Phi) is 10.0. The Bertz CT molecular complexity index is 1010. The fraction of sp³-hybridized carbons (Fsp3) is 0.400. The first-order valence-electron chi connectivity index (χ1n) is 11.0. The van der Waals surface area contributed by atoms with Crippen molar-refractivity contribution in [2.45, 2.75) is 52.3 Å². The van der Waals surface area contributed by atoms with E-state index in [1.54, 1.807) is 58.0 Å². The van der Waals surface area contributed by atoms with Crippen LogP contribution in [-0.2, 0) is 16.1 Å². The molecule has 3 N–H and O–H groups in total. The lowest BCUT2D eigenvalue weighted by molar-refractivity contribution is -0.121. The summed E-state index contributed by atoms with van der Waals surface area (Å²) in [5.74, 6) is -1.39. The van der Waals surface area contributed by atoms with Crippen LogP contribution in [0.15, 0.2) is 42.5 Å². The highest BCUT2D eigenvalue weighted by Crippen LogP contribution is 2.25. The molecule has 7 nitrogen and oxygen atoms in total. The largest absolute Gasteiger partial charge is 0.444 e. The zero-order chi connectivity index (χ0) is 25.3. The van der Waals surface area contributed by atoms with E-state index in [1.165, 1.54) is 12.1 Å². The Labute approximate surface area is 204 Å². The van der Waals surface area contributed by atoms with Gasteiger partial charge in [-0.05, 0) is 33.8 Å². The molecule has 34 heavy (non-hydrogen) atoms. The van der Waals surface area contributed by atoms with Crippen LogP contribution < -0.4 is 16.0 Å². The van der Waals surface area contributed by atoms with E-state index in [1.807, 2.05) is 0 Å². The molecule has 0 fully saturated rings. The van der Waals surface area contributed by atoms with Gasteiger partial charge in [0.15, 0.2) is 5.78 Å². The summed E-state index contributed by atoms with van der Waals surface area (Å²) in [6.07, 6.45) is -0.399. The van der Waals surface area contributed by atoms with Gasteiger partial charge in [0.2, 0.25) is 5.91 Å². The molecule has 0 radical (unpaired) electrons. The third-order valence-electron chi connectivity index (χ3n) is 4.68. The normalized spacial score (nSPS) is 12.1. The van der Waals surface area contributed by atoms with E-state index in [4.69, 9.17) is 16.3 Å². The Morgan fingerprint density at radius 3 is 2.32 bits per heavy atom. The van der Waals surface area contributed by atoms with Crippen LogP contribution in [0.4, 0.5) is 9.18 Å². The van der Waals surface area contributed by atoms with E-state index in [0.29, 0.717) is 5.56 Å². The average Bonchev–Trinajstić information content (AvgIpc) is 2.75. The molecule has 1 atom stereocenters. The molecule has 0 bridgehead atoms. The van der Waals surface area contributed by atoms with Crippen molar-refractivity contribution in [3.8, 4) is 0 Å². The minimum absolute atomic E-state index is 0.0440. The highest BCUT2D eigenvalue weighted by molar-refractivity contribution is 6.35. The van der Waals surface area contributed by atoms with E-state index in [0.717, 1.165) is 0 Å². The van der Waals surface area contributed by atoms with Gasteiger partial charge in [0.1, 0.15) is 11.4 Å². The molecule has 0 aromatic heterocycles. The maximum Gasteiger partial charge on any atom is 0.407 e. The van der Waals surface area contributed by atoms with Crippen LogP contribution in [0.5, 0.6) is 0 Å². The van der Waals surface area contributed by atoms with E-state index in [9.17, 15) is 14.4 Å². The summed E-state index contributed by atoms with van der Waals surface area (Å²) >= 11 is 6.12. The summed E-state index contributed by atoms with van der Waals surface area (Å²) < 4.78 is 20.2. The predicted octanol–water partition coefficient (Wildman–Crippen LogP) is 4.22. The van der Waals surface area contributed by atoms with Crippen LogP contribution in [0.2, 0.25) is 5.02 Å². The third-order valence-corrected chi connectivity index (χ3v) is 5.00. The molecular formula is C25H31ClFN3O4. The fourth-order valence-electron chi connectivity index (χ4n) is 3.06. The van der Waals surface area contributed by atoms with E-state index < -0.39 is 23.3 Å². The van der Waals surface area contributed by atoms with Gasteiger partial charge in [-0.2, -0.15) is 0 Å². The number of hydrogen-bond donors (Lipinski definition) is 3. The van der Waals surface area contributed by atoms with E-state index in [2.05, 4.69) is 16.0 Å². The number of rotatable bonds is 10. The second-order valence-corrected chi connectivity index (χ2v) is 9.26. The van der Waals surface area contributed by atoms with Gasteiger partial charge < -0.3 is 20.7 Å². The molecule has 0 saturated carbocycles. The molecule has 184 valence electrons. The zero-order valence-corrected chi connectivity index (χ0v) is 20.6. The molecule has 2 aromatic rings. The molecule has 2 rings (SSSR count). The van der Waals surface area contributed by atoms with Gasteiger partial charge in [-0.1, -0.05) is 48.0 Å². The van der Waals surface area contributed by atoms with Crippen LogP contribution in [0.1, 0.15) is 55.6 Å². The molecule has 2 aromatic carbocycles. The molecule has 0 aliphatic heterocycles. The van der Waals surface area contributed by atoms with E-state index in [-0.39, 0.29) is 54.2 Å². The highest BCUT2D eigenvalue weighted by atomic mass is 35.5. The van der Waals surface area contributed by atoms with Gasteiger partial charge in [0.25, 0.3) is 0 Å². The number of ketones is 1. The fourth-order valence-corrected chi connectivity index (χ4v) is 3.29. The Hall–Kier alpha value is -2.97. The number of nitrogens with one attached hydrogen (secondary N) is 3. The maximum atomic E-state index is 15.1. The lowest BCUT2D eigenvalue weighted by atomic mass is 10.00. The number of hydrogen-bond acceptors (Lipinski definition) is 5. The maximum absolute atomic E-state index is 15.1. The first-order chi connectivity index (χ1) is 16.0. The van der Waals surface area contributed by atoms with Crippen LogP contribution in [0.3, 0.4) is 0 Å². The highest BCUT2D eigenvalue weighted by Gasteiger charge is 2.21. The number of alkyl carbamates (subject to hydrolysis) is 1. The second-order valence-electron chi connectivity index (χ2n) is 8.86. The molecule has 0 heterocycles. The van der Waals surface area contributed by atoms with Crippen molar-refractivity contribution in [3.05, 3.63) is 70.0 Å². The second kappa shape index (κ2) is 12.5. The smallest absolute Gasteiger partial charge is 0.407 e. The lowest BCUT2D eigenvalue weighted by Gasteiger charge is -2.19. The van der Waals surface area contributed by atoms with Crippen LogP contribution >= 0.6 is 11.6 Å². The van der Waals surface area contributed by atoms with Crippen LogP contribution in [0.25, 0.3) is 0 Å². The molecule has 0 aliphatic carbocycles. The Balaban J connectivity index is 1.83. The molecule has 9 heteroatoms. The minimum Gasteiger partial charge on any atom is -0.444 e. The van der Waals surface area contributed by atoms with Crippen molar-refractivity contribution in [2.24, 2.45) is 0 Å². The Morgan fingerprint density at radius 1 is 1.03 bits per heavy atom. The SMILES string of the molecule is C[C@@H](CC(=O)NCCNC(=O)OC(C)(C)C)NCc1ccc(Cl)c(C(=O)c2ccccc2)c1F. The minimum atomic E-state index is -0.682. The van der Waals surface area contributed by atoms with Crippen molar-refractivity contribution in [3.63, 3.8) is 0 Å². The van der Waals surface area contributed by atoms with Gasteiger partial charge in [-0.25, -0.2) is 9.18 Å². The number of carbonyl (C=O) groups is 3. The van der Waals surface area contributed by atoms with Crippen LogP contribution in [-0.4, -0.2) is 42.5 Å². The van der Waals surface area contributed by atoms with Crippen molar-refractivity contribution < 1.29 is 23.5 Å². The molecule has 0 unspecified atom stereocenters. The van der Waals surface area contributed by atoms with Gasteiger partial charge in [-0.15, -0.1) is 0 Å². The lowest BCUT2D eigenvalue weighted by Crippen LogP contribution is -2.39. The van der Waals surface area contributed by atoms with Crippen molar-refractivity contribution in [1.29, 1.82) is 0 Å². The van der Waals surface area contributed by atoms with Crippen molar-refractivity contribution in [1.82, 2.24) is 16.0 Å². The molecule has 2 amide bonds. The standard InChI is InChI=1S/C25H31ClFN3O4/c1-16(14-20(31)28-12-13-29-24(33)34-25(2,3)4)30-15-18-10-11-19(26)21(22(18)27)23(32)17-8-6-5-7-9-17/h5-11,16,30H,12-15H2,1-4H3,(H,28,31)(H,29,33)/t16-/m0/s1. The van der Waals surface area contributed by atoms with E-state index >= 15 is 4.39 Å². The molecule has 0 saturated heterocycles. The average molecular weight is 492 g/mol. The van der Waals surface area contributed by atoms with Gasteiger partial charge in [-0.3, -0.25) is 9.59 Å². The summed E-state index contributed by atoms with van der Waals surface area (Å²) in [5.41, 5.74) is -0.139. The summed E-state index contributed by atoms with van der Waals surface area (Å²) in [5, 5.41) is 8.40. The molecule has 0 aliphatic rings. The summed E-state index contributed by atoms with van der Waals surface area (Å²) in [7, 11) is 0.